The zero-order valence-electron chi connectivity index (χ0n) is 12.3. The average Bonchev–Trinajstić information content (AvgIpc) is 2.54. The van der Waals surface area contributed by atoms with Crippen molar-refractivity contribution in [2.45, 2.75) is 25.8 Å². The highest BCUT2D eigenvalue weighted by Crippen LogP contribution is 2.21. The van der Waals surface area contributed by atoms with E-state index in [4.69, 9.17) is 5.73 Å². The molecule has 2 aromatic rings. The van der Waals surface area contributed by atoms with Gasteiger partial charge in [-0.25, -0.2) is 0 Å². The number of fused-ring (bicyclic) bond motifs is 1. The Bertz CT molecular complexity index is 655. The smallest absolute Gasteiger partial charge is 0.253 e. The molecule has 110 valence electrons. The van der Waals surface area contributed by atoms with E-state index < -0.39 is 0 Å². The van der Waals surface area contributed by atoms with Gasteiger partial charge >= 0.3 is 0 Å². The van der Waals surface area contributed by atoms with Crippen molar-refractivity contribution in [2.75, 3.05) is 13.1 Å². The van der Waals surface area contributed by atoms with Crippen molar-refractivity contribution in [3.8, 4) is 0 Å². The molecule has 2 unspecified atom stereocenters. The van der Waals surface area contributed by atoms with Crippen LogP contribution < -0.4 is 5.73 Å². The van der Waals surface area contributed by atoms with Gasteiger partial charge in [0.2, 0.25) is 0 Å². The lowest BCUT2D eigenvalue weighted by Crippen LogP contribution is -2.49. The minimum Gasteiger partial charge on any atom is -0.338 e. The standard InChI is InChI=1S/C17H21N3O/c1-2-12-11-20(9-7-15(12)18)17(21)14-5-6-16-13(10-14)4-3-8-19-16/h3-6,8,10,12,15H,2,7,9,11,18H2,1H3. The van der Waals surface area contributed by atoms with Crippen molar-refractivity contribution >= 4 is 16.8 Å². The van der Waals surface area contributed by atoms with Crippen LogP contribution in [0, 0.1) is 5.92 Å². The van der Waals surface area contributed by atoms with E-state index in [1.165, 1.54) is 0 Å². The molecule has 0 aliphatic carbocycles. The molecular weight excluding hydrogens is 262 g/mol. The van der Waals surface area contributed by atoms with Gasteiger partial charge in [-0.1, -0.05) is 19.4 Å². The summed E-state index contributed by atoms with van der Waals surface area (Å²) in [5.41, 5.74) is 7.77. The Labute approximate surface area is 125 Å². The molecule has 1 aliphatic heterocycles. The van der Waals surface area contributed by atoms with Crippen molar-refractivity contribution in [1.29, 1.82) is 0 Å². The van der Waals surface area contributed by atoms with Crippen LogP contribution >= 0.6 is 0 Å². The van der Waals surface area contributed by atoms with Gasteiger partial charge < -0.3 is 10.6 Å². The molecular formula is C17H21N3O. The van der Waals surface area contributed by atoms with Crippen molar-refractivity contribution in [2.24, 2.45) is 11.7 Å². The Morgan fingerprint density at radius 1 is 1.43 bits per heavy atom. The number of hydrogen-bond donors (Lipinski definition) is 1. The van der Waals surface area contributed by atoms with Gasteiger partial charge in [-0.05, 0) is 36.6 Å². The third-order valence-corrected chi connectivity index (χ3v) is 4.45. The van der Waals surface area contributed by atoms with E-state index in [0.29, 0.717) is 5.92 Å². The van der Waals surface area contributed by atoms with Crippen LogP contribution in [0.4, 0.5) is 0 Å². The molecule has 1 amide bonds. The average molecular weight is 283 g/mol. The quantitative estimate of drug-likeness (QED) is 0.921. The fraction of sp³-hybridized carbons (Fsp3) is 0.412. The van der Waals surface area contributed by atoms with E-state index in [2.05, 4.69) is 11.9 Å². The number of likely N-dealkylation sites (tertiary alicyclic amines) is 1. The molecule has 2 heterocycles. The number of pyridine rings is 1. The van der Waals surface area contributed by atoms with E-state index in [1.807, 2.05) is 35.2 Å². The molecule has 0 saturated carbocycles. The van der Waals surface area contributed by atoms with Gasteiger partial charge in [-0.2, -0.15) is 0 Å². The number of carbonyl (C=O) groups excluding carboxylic acids is 1. The molecule has 0 radical (unpaired) electrons. The van der Waals surface area contributed by atoms with Crippen molar-refractivity contribution < 1.29 is 4.79 Å². The molecule has 1 fully saturated rings. The molecule has 1 aliphatic rings. The maximum Gasteiger partial charge on any atom is 0.253 e. The zero-order valence-corrected chi connectivity index (χ0v) is 12.3. The first-order valence-electron chi connectivity index (χ1n) is 7.58. The fourth-order valence-corrected chi connectivity index (χ4v) is 3.06. The Balaban J connectivity index is 1.83. The predicted molar refractivity (Wildman–Crippen MR) is 84.0 cm³/mol. The fourth-order valence-electron chi connectivity index (χ4n) is 3.06. The number of piperidine rings is 1. The van der Waals surface area contributed by atoms with Crippen LogP contribution in [0.1, 0.15) is 30.1 Å². The summed E-state index contributed by atoms with van der Waals surface area (Å²) in [6.45, 7) is 3.66. The number of nitrogens with two attached hydrogens (primary N) is 1. The summed E-state index contributed by atoms with van der Waals surface area (Å²) >= 11 is 0. The number of nitrogens with zero attached hydrogens (tertiary/aromatic N) is 2. The summed E-state index contributed by atoms with van der Waals surface area (Å²) < 4.78 is 0. The molecule has 4 nitrogen and oxygen atoms in total. The number of hydrogen-bond acceptors (Lipinski definition) is 3. The largest absolute Gasteiger partial charge is 0.338 e. The molecule has 21 heavy (non-hydrogen) atoms. The molecule has 2 atom stereocenters. The van der Waals surface area contributed by atoms with E-state index in [-0.39, 0.29) is 11.9 Å². The summed E-state index contributed by atoms with van der Waals surface area (Å²) in [5, 5.41) is 1.00. The number of amides is 1. The predicted octanol–water partition coefficient (Wildman–Crippen LogP) is 2.43. The lowest BCUT2D eigenvalue weighted by Gasteiger charge is -2.36. The molecule has 3 rings (SSSR count). The second-order valence-corrected chi connectivity index (χ2v) is 5.78. The first-order chi connectivity index (χ1) is 10.2. The van der Waals surface area contributed by atoms with Crippen molar-refractivity contribution in [1.82, 2.24) is 9.88 Å². The van der Waals surface area contributed by atoms with Crippen LogP contribution in [0.5, 0.6) is 0 Å². The van der Waals surface area contributed by atoms with Gasteiger partial charge in [0.15, 0.2) is 0 Å². The van der Waals surface area contributed by atoms with Gasteiger partial charge in [0.1, 0.15) is 0 Å². The molecule has 0 spiro atoms. The summed E-state index contributed by atoms with van der Waals surface area (Å²) in [6.07, 6.45) is 3.67. The Morgan fingerprint density at radius 2 is 2.29 bits per heavy atom. The number of carbonyl (C=O) groups is 1. The normalized spacial score (nSPS) is 22.5. The highest BCUT2D eigenvalue weighted by molar-refractivity contribution is 5.98. The summed E-state index contributed by atoms with van der Waals surface area (Å²) in [4.78, 5) is 18.9. The first kappa shape index (κ1) is 14.0. The Hall–Kier alpha value is -1.94. The molecule has 1 aromatic carbocycles. The second-order valence-electron chi connectivity index (χ2n) is 5.78. The SMILES string of the molecule is CCC1CN(C(=O)c2ccc3ncccc3c2)CCC1N. The van der Waals surface area contributed by atoms with Gasteiger partial charge in [0.05, 0.1) is 5.52 Å². The van der Waals surface area contributed by atoms with Crippen molar-refractivity contribution in [3.63, 3.8) is 0 Å². The van der Waals surface area contributed by atoms with Crippen LogP contribution in [0.25, 0.3) is 10.9 Å². The lowest BCUT2D eigenvalue weighted by atomic mass is 9.90. The van der Waals surface area contributed by atoms with E-state index in [1.54, 1.807) is 6.20 Å². The van der Waals surface area contributed by atoms with E-state index in [9.17, 15) is 4.79 Å². The summed E-state index contributed by atoms with van der Waals surface area (Å²) in [7, 11) is 0. The summed E-state index contributed by atoms with van der Waals surface area (Å²) in [6, 6.07) is 9.81. The third kappa shape index (κ3) is 2.76. The number of rotatable bonds is 2. The van der Waals surface area contributed by atoms with Crippen LogP contribution in [0.15, 0.2) is 36.5 Å². The van der Waals surface area contributed by atoms with Gasteiger partial charge in [-0.3, -0.25) is 9.78 Å². The van der Waals surface area contributed by atoms with E-state index >= 15 is 0 Å². The van der Waals surface area contributed by atoms with Crippen LogP contribution in [-0.4, -0.2) is 34.9 Å². The topological polar surface area (TPSA) is 59.2 Å². The highest BCUT2D eigenvalue weighted by Gasteiger charge is 2.28. The van der Waals surface area contributed by atoms with Gasteiger partial charge in [0.25, 0.3) is 5.91 Å². The maximum atomic E-state index is 12.7. The third-order valence-electron chi connectivity index (χ3n) is 4.45. The Morgan fingerprint density at radius 3 is 3.10 bits per heavy atom. The molecule has 1 aromatic heterocycles. The van der Waals surface area contributed by atoms with Gasteiger partial charge in [-0.15, -0.1) is 0 Å². The minimum atomic E-state index is 0.103. The van der Waals surface area contributed by atoms with Crippen LogP contribution in [-0.2, 0) is 0 Å². The molecule has 2 N–H and O–H groups in total. The van der Waals surface area contributed by atoms with Crippen LogP contribution in [0.2, 0.25) is 0 Å². The highest BCUT2D eigenvalue weighted by atomic mass is 16.2. The van der Waals surface area contributed by atoms with Crippen LogP contribution in [0.3, 0.4) is 0 Å². The number of benzene rings is 1. The molecule has 4 heteroatoms. The zero-order chi connectivity index (χ0) is 14.8. The summed E-state index contributed by atoms with van der Waals surface area (Å²) in [5.74, 6) is 0.510. The molecule has 0 bridgehead atoms. The molecule has 1 saturated heterocycles. The first-order valence-corrected chi connectivity index (χ1v) is 7.58. The second kappa shape index (κ2) is 5.82. The minimum absolute atomic E-state index is 0.103. The monoisotopic (exact) mass is 283 g/mol. The maximum absolute atomic E-state index is 12.7. The van der Waals surface area contributed by atoms with Gasteiger partial charge in [0, 0.05) is 36.3 Å². The van der Waals surface area contributed by atoms with E-state index in [0.717, 1.165) is 42.4 Å². The number of aromatic nitrogens is 1. The van der Waals surface area contributed by atoms with Crippen molar-refractivity contribution in [3.05, 3.63) is 42.1 Å². The lowest BCUT2D eigenvalue weighted by molar-refractivity contribution is 0.0649. The Kier molecular flexibility index (Phi) is 3.88.